The molecule has 0 heterocycles. The van der Waals surface area contributed by atoms with Gasteiger partial charge in [-0.2, -0.15) is 0 Å². The van der Waals surface area contributed by atoms with E-state index < -0.39 is 0 Å². The van der Waals surface area contributed by atoms with Crippen molar-refractivity contribution in [3.63, 3.8) is 0 Å². The minimum absolute atomic E-state index is 0.0229. The smallest absolute Gasteiger partial charge is 0.322 e. The number of esters is 1. The fourth-order valence-corrected chi connectivity index (χ4v) is 1.48. The molecule has 0 fully saturated rings. The summed E-state index contributed by atoms with van der Waals surface area (Å²) >= 11 is 0. The van der Waals surface area contributed by atoms with Crippen molar-refractivity contribution < 1.29 is 14.6 Å². The molecule has 0 spiro atoms. The standard InChI is InChI=1S/C12H17NO3/c1-8(13-9(2)12(15)16-3)10-4-6-11(14)7-5-10/h4-9,13-14H,1-3H3. The number of hydrogen-bond donors (Lipinski definition) is 2. The number of nitrogens with one attached hydrogen (secondary N) is 1. The molecule has 0 aliphatic carbocycles. The second kappa shape index (κ2) is 5.51. The normalized spacial score (nSPS) is 14.2. The second-order valence-corrected chi connectivity index (χ2v) is 3.72. The van der Waals surface area contributed by atoms with Crippen LogP contribution in [0, 0.1) is 0 Å². The monoisotopic (exact) mass is 223 g/mol. The minimum Gasteiger partial charge on any atom is -0.508 e. The number of methoxy groups -OCH3 is 1. The molecule has 0 saturated heterocycles. The van der Waals surface area contributed by atoms with Crippen LogP contribution in [0.2, 0.25) is 0 Å². The van der Waals surface area contributed by atoms with E-state index in [1.165, 1.54) is 7.11 Å². The van der Waals surface area contributed by atoms with E-state index in [-0.39, 0.29) is 23.8 Å². The van der Waals surface area contributed by atoms with Crippen LogP contribution in [0.5, 0.6) is 5.75 Å². The molecule has 1 aromatic carbocycles. The molecule has 2 N–H and O–H groups in total. The van der Waals surface area contributed by atoms with Crippen molar-refractivity contribution in [2.75, 3.05) is 7.11 Å². The number of carbonyl (C=O) groups is 1. The van der Waals surface area contributed by atoms with Crippen molar-refractivity contribution >= 4 is 5.97 Å². The molecule has 1 rings (SSSR count). The third-order valence-electron chi connectivity index (χ3n) is 2.45. The Morgan fingerprint density at radius 1 is 1.31 bits per heavy atom. The van der Waals surface area contributed by atoms with E-state index in [0.29, 0.717) is 0 Å². The number of carbonyl (C=O) groups excluding carboxylic acids is 1. The molecule has 0 radical (unpaired) electrons. The van der Waals surface area contributed by atoms with Gasteiger partial charge in [-0.25, -0.2) is 0 Å². The molecule has 88 valence electrons. The lowest BCUT2D eigenvalue weighted by Crippen LogP contribution is -2.36. The summed E-state index contributed by atoms with van der Waals surface area (Å²) in [5, 5.41) is 12.3. The van der Waals surface area contributed by atoms with Gasteiger partial charge in [-0.3, -0.25) is 10.1 Å². The zero-order valence-electron chi connectivity index (χ0n) is 9.73. The van der Waals surface area contributed by atoms with Gasteiger partial charge < -0.3 is 9.84 Å². The van der Waals surface area contributed by atoms with Crippen LogP contribution in [0.15, 0.2) is 24.3 Å². The molecule has 0 saturated carbocycles. The lowest BCUT2D eigenvalue weighted by Gasteiger charge is -2.18. The average Bonchev–Trinajstić information content (AvgIpc) is 2.28. The van der Waals surface area contributed by atoms with Crippen LogP contribution in [-0.4, -0.2) is 24.2 Å². The highest BCUT2D eigenvalue weighted by Crippen LogP contribution is 2.16. The fraction of sp³-hybridized carbons (Fsp3) is 0.417. The first-order valence-corrected chi connectivity index (χ1v) is 5.17. The molecule has 0 aliphatic heterocycles. The van der Waals surface area contributed by atoms with E-state index >= 15 is 0 Å². The van der Waals surface area contributed by atoms with Gasteiger partial charge in [-0.1, -0.05) is 12.1 Å². The number of phenols is 1. The van der Waals surface area contributed by atoms with Gasteiger partial charge in [0.1, 0.15) is 11.8 Å². The van der Waals surface area contributed by atoms with Gasteiger partial charge in [0, 0.05) is 6.04 Å². The Bertz CT molecular complexity index is 348. The summed E-state index contributed by atoms with van der Waals surface area (Å²) in [4.78, 5) is 11.2. The van der Waals surface area contributed by atoms with Crippen molar-refractivity contribution in [3.05, 3.63) is 29.8 Å². The third-order valence-corrected chi connectivity index (χ3v) is 2.45. The first-order chi connectivity index (χ1) is 7.54. The number of hydrogen-bond acceptors (Lipinski definition) is 4. The molecule has 0 bridgehead atoms. The molecule has 0 aliphatic rings. The minimum atomic E-state index is -0.353. The number of benzene rings is 1. The zero-order chi connectivity index (χ0) is 12.1. The van der Waals surface area contributed by atoms with Crippen molar-refractivity contribution in [1.82, 2.24) is 5.32 Å². The van der Waals surface area contributed by atoms with Crippen LogP contribution in [0.3, 0.4) is 0 Å². The van der Waals surface area contributed by atoms with E-state index in [4.69, 9.17) is 5.11 Å². The van der Waals surface area contributed by atoms with E-state index in [2.05, 4.69) is 10.1 Å². The summed E-state index contributed by atoms with van der Waals surface area (Å²) in [7, 11) is 1.37. The van der Waals surface area contributed by atoms with Gasteiger partial charge in [0.25, 0.3) is 0 Å². The predicted molar refractivity (Wildman–Crippen MR) is 61.1 cm³/mol. The van der Waals surface area contributed by atoms with Crippen LogP contribution in [0.1, 0.15) is 25.5 Å². The number of ether oxygens (including phenoxy) is 1. The molecule has 0 aromatic heterocycles. The van der Waals surface area contributed by atoms with Crippen LogP contribution in [0.25, 0.3) is 0 Å². The molecule has 4 nitrogen and oxygen atoms in total. The number of aromatic hydroxyl groups is 1. The lowest BCUT2D eigenvalue weighted by atomic mass is 10.1. The van der Waals surface area contributed by atoms with Gasteiger partial charge in [0.15, 0.2) is 0 Å². The van der Waals surface area contributed by atoms with Crippen LogP contribution in [-0.2, 0) is 9.53 Å². The first kappa shape index (κ1) is 12.5. The summed E-state index contributed by atoms with van der Waals surface area (Å²) in [5.74, 6) is -0.0532. The first-order valence-electron chi connectivity index (χ1n) is 5.17. The average molecular weight is 223 g/mol. The van der Waals surface area contributed by atoms with Gasteiger partial charge in [0.2, 0.25) is 0 Å². The topological polar surface area (TPSA) is 58.6 Å². The quantitative estimate of drug-likeness (QED) is 0.761. The zero-order valence-corrected chi connectivity index (χ0v) is 9.73. The largest absolute Gasteiger partial charge is 0.508 e. The summed E-state index contributed by atoms with van der Waals surface area (Å²) in [6.45, 7) is 3.70. The molecular formula is C12H17NO3. The summed E-state index contributed by atoms with van der Waals surface area (Å²) in [6, 6.07) is 6.55. The van der Waals surface area contributed by atoms with Gasteiger partial charge in [0.05, 0.1) is 7.11 Å². The second-order valence-electron chi connectivity index (χ2n) is 3.72. The van der Waals surface area contributed by atoms with Crippen molar-refractivity contribution in [2.45, 2.75) is 25.9 Å². The highest BCUT2D eigenvalue weighted by molar-refractivity contribution is 5.75. The fourth-order valence-electron chi connectivity index (χ4n) is 1.48. The lowest BCUT2D eigenvalue weighted by molar-refractivity contribution is -0.142. The SMILES string of the molecule is COC(=O)C(C)NC(C)c1ccc(O)cc1. The van der Waals surface area contributed by atoms with Crippen LogP contribution in [0.4, 0.5) is 0 Å². The highest BCUT2D eigenvalue weighted by Gasteiger charge is 2.16. The Labute approximate surface area is 95.2 Å². The maximum atomic E-state index is 11.2. The van der Waals surface area contributed by atoms with Crippen LogP contribution >= 0.6 is 0 Å². The molecule has 1 aromatic rings. The summed E-state index contributed by atoms with van der Waals surface area (Å²) in [6.07, 6.45) is 0. The van der Waals surface area contributed by atoms with Gasteiger partial charge in [-0.05, 0) is 31.5 Å². The molecule has 4 heteroatoms. The van der Waals surface area contributed by atoms with Gasteiger partial charge >= 0.3 is 5.97 Å². The summed E-state index contributed by atoms with van der Waals surface area (Å²) < 4.78 is 4.63. The van der Waals surface area contributed by atoms with Gasteiger partial charge in [-0.15, -0.1) is 0 Å². The molecule has 2 unspecified atom stereocenters. The van der Waals surface area contributed by atoms with Crippen LogP contribution < -0.4 is 5.32 Å². The Hall–Kier alpha value is -1.55. The molecule has 2 atom stereocenters. The number of rotatable bonds is 4. The molecule has 16 heavy (non-hydrogen) atoms. The maximum absolute atomic E-state index is 11.2. The highest BCUT2D eigenvalue weighted by atomic mass is 16.5. The van der Waals surface area contributed by atoms with Crippen molar-refractivity contribution in [2.24, 2.45) is 0 Å². The summed E-state index contributed by atoms with van der Waals surface area (Å²) in [5.41, 5.74) is 1.01. The number of phenolic OH excluding ortho intramolecular Hbond substituents is 1. The van der Waals surface area contributed by atoms with E-state index in [1.807, 2.05) is 19.1 Å². The Balaban J connectivity index is 2.61. The van der Waals surface area contributed by atoms with E-state index in [0.717, 1.165) is 5.56 Å². The van der Waals surface area contributed by atoms with E-state index in [9.17, 15) is 4.79 Å². The molecule has 0 amide bonds. The van der Waals surface area contributed by atoms with Crippen molar-refractivity contribution in [3.8, 4) is 5.75 Å². The van der Waals surface area contributed by atoms with E-state index in [1.54, 1.807) is 19.1 Å². The van der Waals surface area contributed by atoms with Crippen molar-refractivity contribution in [1.29, 1.82) is 0 Å². The Kier molecular flexibility index (Phi) is 4.31. The Morgan fingerprint density at radius 3 is 2.38 bits per heavy atom. The maximum Gasteiger partial charge on any atom is 0.322 e. The Morgan fingerprint density at radius 2 is 1.88 bits per heavy atom. The third kappa shape index (κ3) is 3.24. The molecular weight excluding hydrogens is 206 g/mol. The predicted octanol–water partition coefficient (Wildman–Crippen LogP) is 1.60.